The first-order valence-electron chi connectivity index (χ1n) is 7.86. The zero-order valence-electron chi connectivity index (χ0n) is 13.1. The van der Waals surface area contributed by atoms with Gasteiger partial charge in [-0.15, -0.1) is 0 Å². The molecular weight excluding hydrogens is 300 g/mol. The summed E-state index contributed by atoms with van der Waals surface area (Å²) >= 11 is 0. The highest BCUT2D eigenvalue weighted by atomic mass is 16.5. The van der Waals surface area contributed by atoms with Gasteiger partial charge in [0.15, 0.2) is 0 Å². The third-order valence-corrected chi connectivity index (χ3v) is 4.35. The molecular formula is C15H20N4O4. The van der Waals surface area contributed by atoms with Crippen molar-refractivity contribution >= 4 is 17.8 Å². The van der Waals surface area contributed by atoms with Gasteiger partial charge in [0, 0.05) is 25.5 Å². The molecule has 0 bridgehead atoms. The number of nitrogens with one attached hydrogen (secondary N) is 2. The van der Waals surface area contributed by atoms with Crippen molar-refractivity contribution < 1.29 is 18.9 Å². The number of carbonyl (C=O) groups excluding carboxylic acids is 3. The zero-order valence-corrected chi connectivity index (χ0v) is 13.1. The molecule has 0 spiro atoms. The lowest BCUT2D eigenvalue weighted by atomic mass is 9.96. The fraction of sp³-hybridized carbons (Fsp3) is 0.600. The summed E-state index contributed by atoms with van der Waals surface area (Å²) in [5.41, 5.74) is 1.96. The molecule has 1 fully saturated rings. The van der Waals surface area contributed by atoms with Crippen LogP contribution in [0.15, 0.2) is 4.52 Å². The van der Waals surface area contributed by atoms with Crippen LogP contribution in [0.4, 0.5) is 4.79 Å². The van der Waals surface area contributed by atoms with E-state index in [2.05, 4.69) is 15.8 Å². The Morgan fingerprint density at radius 2 is 2.13 bits per heavy atom. The standard InChI is InChI=1S/C15H20N4O4/c1-19(8-11-9-4-2-3-5-12(9)23-18-11)13(20)7-6-10-14(21)17-15(22)16-10/h10H,2-8H2,1H3,(H2,16,17,21,22). The molecule has 0 saturated carbocycles. The van der Waals surface area contributed by atoms with Crippen LogP contribution in [0.25, 0.3) is 0 Å². The van der Waals surface area contributed by atoms with Crippen molar-refractivity contribution in [3.63, 3.8) is 0 Å². The monoisotopic (exact) mass is 320 g/mol. The van der Waals surface area contributed by atoms with Crippen LogP contribution in [0.2, 0.25) is 0 Å². The Hall–Kier alpha value is -2.38. The van der Waals surface area contributed by atoms with Gasteiger partial charge in [-0.2, -0.15) is 0 Å². The lowest BCUT2D eigenvalue weighted by Gasteiger charge is -2.18. The maximum Gasteiger partial charge on any atom is 0.322 e. The number of aromatic nitrogens is 1. The van der Waals surface area contributed by atoms with E-state index in [1.54, 1.807) is 11.9 Å². The molecule has 23 heavy (non-hydrogen) atoms. The minimum absolute atomic E-state index is 0.0912. The molecule has 4 amide bonds. The van der Waals surface area contributed by atoms with Crippen LogP contribution in [-0.4, -0.2) is 41.0 Å². The van der Waals surface area contributed by atoms with E-state index >= 15 is 0 Å². The van der Waals surface area contributed by atoms with Gasteiger partial charge in [0.05, 0.1) is 6.54 Å². The van der Waals surface area contributed by atoms with Gasteiger partial charge in [0.25, 0.3) is 5.91 Å². The molecule has 1 saturated heterocycles. The highest BCUT2D eigenvalue weighted by Gasteiger charge is 2.30. The average molecular weight is 320 g/mol. The highest BCUT2D eigenvalue weighted by Crippen LogP contribution is 2.25. The van der Waals surface area contributed by atoms with Crippen LogP contribution in [-0.2, 0) is 29.0 Å². The van der Waals surface area contributed by atoms with E-state index < -0.39 is 12.1 Å². The second-order valence-corrected chi connectivity index (χ2v) is 6.04. The summed E-state index contributed by atoms with van der Waals surface area (Å²) in [7, 11) is 1.71. The summed E-state index contributed by atoms with van der Waals surface area (Å²) in [6.45, 7) is 0.404. The minimum Gasteiger partial charge on any atom is -0.361 e. The second kappa shape index (κ2) is 6.39. The maximum atomic E-state index is 12.2. The molecule has 3 rings (SSSR count). The number of amides is 4. The van der Waals surface area contributed by atoms with Crippen LogP contribution < -0.4 is 10.6 Å². The van der Waals surface area contributed by atoms with Crippen molar-refractivity contribution in [3.8, 4) is 0 Å². The molecule has 1 aromatic rings. The number of fused-ring (bicyclic) bond motifs is 1. The lowest BCUT2D eigenvalue weighted by Crippen LogP contribution is -2.32. The molecule has 1 aliphatic carbocycles. The van der Waals surface area contributed by atoms with E-state index in [4.69, 9.17) is 4.52 Å². The van der Waals surface area contributed by atoms with Crippen molar-refractivity contribution in [2.75, 3.05) is 7.05 Å². The Balaban J connectivity index is 1.53. The predicted molar refractivity (Wildman–Crippen MR) is 79.3 cm³/mol. The maximum absolute atomic E-state index is 12.2. The number of urea groups is 1. The second-order valence-electron chi connectivity index (χ2n) is 6.04. The molecule has 8 heteroatoms. The SMILES string of the molecule is CN(Cc1noc2c1CCCC2)C(=O)CCC1NC(=O)NC1=O. The summed E-state index contributed by atoms with van der Waals surface area (Å²) in [5.74, 6) is 0.472. The molecule has 8 nitrogen and oxygen atoms in total. The summed E-state index contributed by atoms with van der Waals surface area (Å²) < 4.78 is 5.35. The van der Waals surface area contributed by atoms with Gasteiger partial charge in [-0.1, -0.05) is 5.16 Å². The van der Waals surface area contributed by atoms with Crippen LogP contribution in [0.1, 0.15) is 42.7 Å². The topological polar surface area (TPSA) is 105 Å². The third-order valence-electron chi connectivity index (χ3n) is 4.35. The van der Waals surface area contributed by atoms with Crippen LogP contribution in [0.3, 0.4) is 0 Å². The van der Waals surface area contributed by atoms with Gasteiger partial charge in [0.1, 0.15) is 17.5 Å². The summed E-state index contributed by atoms with van der Waals surface area (Å²) in [6, 6.07) is -1.13. The van der Waals surface area contributed by atoms with Crippen LogP contribution >= 0.6 is 0 Å². The Morgan fingerprint density at radius 3 is 2.87 bits per heavy atom. The van der Waals surface area contributed by atoms with Crippen molar-refractivity contribution in [2.45, 2.75) is 51.1 Å². The molecule has 1 atom stereocenters. The Morgan fingerprint density at radius 1 is 1.35 bits per heavy atom. The average Bonchev–Trinajstić information content (AvgIpc) is 3.08. The first-order valence-corrected chi connectivity index (χ1v) is 7.86. The number of hydrogen-bond donors (Lipinski definition) is 2. The van der Waals surface area contributed by atoms with Gasteiger partial charge in [0.2, 0.25) is 5.91 Å². The fourth-order valence-electron chi connectivity index (χ4n) is 3.01. The smallest absolute Gasteiger partial charge is 0.322 e. The largest absolute Gasteiger partial charge is 0.361 e. The summed E-state index contributed by atoms with van der Waals surface area (Å²) in [5, 5.41) is 8.73. The van der Waals surface area contributed by atoms with Gasteiger partial charge in [-0.05, 0) is 25.7 Å². The van der Waals surface area contributed by atoms with E-state index in [1.165, 1.54) is 0 Å². The van der Waals surface area contributed by atoms with Gasteiger partial charge < -0.3 is 14.7 Å². The van der Waals surface area contributed by atoms with Crippen LogP contribution in [0.5, 0.6) is 0 Å². The Labute approximate surface area is 133 Å². The van der Waals surface area contributed by atoms with Crippen LogP contribution in [0, 0.1) is 0 Å². The molecule has 2 aliphatic rings. The number of rotatable bonds is 5. The Kier molecular flexibility index (Phi) is 4.31. The normalized spacial score (nSPS) is 20.0. The summed E-state index contributed by atoms with van der Waals surface area (Å²) in [4.78, 5) is 36.3. The molecule has 1 aliphatic heterocycles. The fourth-order valence-corrected chi connectivity index (χ4v) is 3.01. The first kappa shape index (κ1) is 15.5. The molecule has 124 valence electrons. The van der Waals surface area contributed by atoms with Gasteiger partial charge >= 0.3 is 6.03 Å². The van der Waals surface area contributed by atoms with E-state index in [9.17, 15) is 14.4 Å². The molecule has 1 unspecified atom stereocenters. The number of carbonyl (C=O) groups is 3. The number of hydrogen-bond acceptors (Lipinski definition) is 5. The summed E-state index contributed by atoms with van der Waals surface area (Å²) in [6.07, 6.45) is 4.58. The van der Waals surface area contributed by atoms with Crippen molar-refractivity contribution in [3.05, 3.63) is 17.0 Å². The number of aryl methyl sites for hydroxylation is 1. The van der Waals surface area contributed by atoms with Gasteiger partial charge in [-0.3, -0.25) is 14.9 Å². The zero-order chi connectivity index (χ0) is 16.4. The molecule has 1 aromatic heterocycles. The van der Waals surface area contributed by atoms with E-state index in [-0.39, 0.29) is 24.7 Å². The van der Waals surface area contributed by atoms with E-state index in [0.29, 0.717) is 6.54 Å². The number of imide groups is 1. The molecule has 0 radical (unpaired) electrons. The first-order chi connectivity index (χ1) is 11.0. The number of nitrogens with zero attached hydrogens (tertiary/aromatic N) is 2. The van der Waals surface area contributed by atoms with Gasteiger partial charge in [-0.25, -0.2) is 4.79 Å². The molecule has 0 aromatic carbocycles. The molecule has 2 heterocycles. The Bertz CT molecular complexity index is 639. The lowest BCUT2D eigenvalue weighted by molar-refractivity contribution is -0.130. The highest BCUT2D eigenvalue weighted by molar-refractivity contribution is 6.04. The van der Waals surface area contributed by atoms with Crippen molar-refractivity contribution in [1.82, 2.24) is 20.7 Å². The van der Waals surface area contributed by atoms with Crippen molar-refractivity contribution in [2.24, 2.45) is 0 Å². The molecule has 2 N–H and O–H groups in total. The van der Waals surface area contributed by atoms with E-state index in [0.717, 1.165) is 42.7 Å². The third kappa shape index (κ3) is 3.35. The quantitative estimate of drug-likeness (QED) is 0.769. The minimum atomic E-state index is -0.625. The van der Waals surface area contributed by atoms with Crippen molar-refractivity contribution in [1.29, 1.82) is 0 Å². The van der Waals surface area contributed by atoms with E-state index in [1.807, 2.05) is 0 Å². The predicted octanol–water partition coefficient (Wildman–Crippen LogP) is 0.500.